The fourth-order valence-electron chi connectivity index (χ4n) is 5.83. The van der Waals surface area contributed by atoms with Crippen molar-refractivity contribution < 1.29 is 39.9 Å². The van der Waals surface area contributed by atoms with Crippen molar-refractivity contribution in [3.05, 3.63) is 82.6 Å². The van der Waals surface area contributed by atoms with Gasteiger partial charge in [-0.1, -0.05) is 43.4 Å². The highest BCUT2D eigenvalue weighted by Gasteiger charge is 2.80. The van der Waals surface area contributed by atoms with Gasteiger partial charge >= 0.3 is 0 Å². The second-order valence-corrected chi connectivity index (χ2v) is 10.0. The fraction of sp³-hybridized carbons (Fsp3) is 0.429. The number of rotatable bonds is 4. The quantitative estimate of drug-likeness (QED) is 0.221. The number of Topliss-reactive ketones (excluding diaryl/α,β-unsaturated/α-hetero) is 2. The van der Waals surface area contributed by atoms with Crippen LogP contribution in [0.1, 0.15) is 48.0 Å². The lowest BCUT2D eigenvalue weighted by atomic mass is 9.52. The number of carbonyl (C=O) groups is 2. The number of aliphatic hydroxyl groups is 5. The highest BCUT2D eigenvalue weighted by Crippen LogP contribution is 2.68. The highest BCUT2D eigenvalue weighted by atomic mass is 16.7. The molecule has 3 aliphatic rings. The maximum atomic E-state index is 13.4. The van der Waals surface area contributed by atoms with Crippen LogP contribution in [0.25, 0.3) is 0 Å². The summed E-state index contributed by atoms with van der Waals surface area (Å²) in [5, 5.41) is 56.1. The predicted molar refractivity (Wildman–Crippen MR) is 134 cm³/mol. The van der Waals surface area contributed by atoms with Gasteiger partial charge in [0.1, 0.15) is 22.9 Å². The van der Waals surface area contributed by atoms with Crippen molar-refractivity contribution in [1.82, 2.24) is 0 Å². The molecule has 8 heteroatoms. The van der Waals surface area contributed by atoms with Gasteiger partial charge in [0, 0.05) is 28.1 Å². The van der Waals surface area contributed by atoms with Crippen LogP contribution < -0.4 is 0 Å². The normalized spacial score (nSPS) is 40.2. The average molecular weight is 499 g/mol. The predicted octanol–water partition coefficient (Wildman–Crippen LogP) is 4.11. The molecule has 5 atom stereocenters. The zero-order valence-electron chi connectivity index (χ0n) is 21.4. The Morgan fingerprint density at radius 3 is 1.97 bits per heavy atom. The summed E-state index contributed by atoms with van der Waals surface area (Å²) in [5.41, 5.74) is -6.43. The van der Waals surface area contributed by atoms with Crippen LogP contribution in [-0.4, -0.2) is 54.1 Å². The van der Waals surface area contributed by atoms with Crippen LogP contribution in [0.5, 0.6) is 0 Å². The minimum atomic E-state index is -2.60. The number of hydrogen-bond acceptors (Lipinski definition) is 8. The molecule has 194 valence electrons. The zero-order chi connectivity index (χ0) is 27.3. The van der Waals surface area contributed by atoms with Crippen molar-refractivity contribution in [2.75, 3.05) is 0 Å². The second-order valence-electron chi connectivity index (χ2n) is 10.0. The monoisotopic (exact) mass is 498 g/mol. The molecule has 8 nitrogen and oxygen atoms in total. The lowest BCUT2D eigenvalue weighted by molar-refractivity contribution is -0.321. The second kappa shape index (κ2) is 9.03. The minimum Gasteiger partial charge on any atom is -0.508 e. The van der Waals surface area contributed by atoms with Gasteiger partial charge in [0.2, 0.25) is 5.79 Å². The van der Waals surface area contributed by atoms with Gasteiger partial charge < -0.3 is 30.3 Å². The summed E-state index contributed by atoms with van der Waals surface area (Å²) in [6.07, 6.45) is 12.1. The van der Waals surface area contributed by atoms with E-state index in [4.69, 9.17) is 4.74 Å². The summed E-state index contributed by atoms with van der Waals surface area (Å²) < 4.78 is 5.97. The van der Waals surface area contributed by atoms with E-state index in [0.717, 1.165) is 6.92 Å². The molecule has 0 aromatic carbocycles. The number of carbonyl (C=O) groups excluding carboxylic acids is 2. The Morgan fingerprint density at radius 2 is 1.44 bits per heavy atom. The van der Waals surface area contributed by atoms with Gasteiger partial charge in [0.05, 0.1) is 0 Å². The van der Waals surface area contributed by atoms with E-state index >= 15 is 0 Å². The first-order valence-electron chi connectivity index (χ1n) is 11.7. The van der Waals surface area contributed by atoms with Gasteiger partial charge in [-0.2, -0.15) is 0 Å². The lowest BCUT2D eigenvalue weighted by Crippen LogP contribution is -2.68. The average Bonchev–Trinajstić information content (AvgIpc) is 3.00. The summed E-state index contributed by atoms with van der Waals surface area (Å²) in [4.78, 5) is 26.8. The van der Waals surface area contributed by atoms with Crippen molar-refractivity contribution >= 4 is 11.6 Å². The van der Waals surface area contributed by atoms with Crippen molar-refractivity contribution in [3.63, 3.8) is 0 Å². The summed E-state index contributed by atoms with van der Waals surface area (Å²) >= 11 is 0. The smallest absolute Gasteiger partial charge is 0.209 e. The topological polar surface area (TPSA) is 145 Å². The lowest BCUT2D eigenvalue weighted by Gasteiger charge is -2.52. The molecule has 2 fully saturated rings. The van der Waals surface area contributed by atoms with E-state index in [9.17, 15) is 35.1 Å². The SMILES string of the molecule is C/C=C/C=C/C(O)=C1\C[C@@]2(C)[C@H]3\C(=C(O)/C=C/C=C/C)C(O)=C(C)C(=O)[C@@]3(C)O[C@]2(O)[C@@](C)(O)C1=O. The van der Waals surface area contributed by atoms with Gasteiger partial charge in [-0.05, 0) is 53.2 Å². The van der Waals surface area contributed by atoms with Crippen molar-refractivity contribution in [2.45, 2.75) is 65.0 Å². The van der Waals surface area contributed by atoms with E-state index in [2.05, 4.69) is 0 Å². The van der Waals surface area contributed by atoms with Crippen LogP contribution in [0.2, 0.25) is 0 Å². The van der Waals surface area contributed by atoms with Crippen molar-refractivity contribution in [1.29, 1.82) is 0 Å². The van der Waals surface area contributed by atoms with Crippen LogP contribution >= 0.6 is 0 Å². The zero-order valence-corrected chi connectivity index (χ0v) is 21.4. The van der Waals surface area contributed by atoms with E-state index in [-0.39, 0.29) is 28.9 Å². The van der Waals surface area contributed by atoms with Gasteiger partial charge in [0.15, 0.2) is 17.2 Å². The van der Waals surface area contributed by atoms with Gasteiger partial charge in [-0.25, -0.2) is 0 Å². The molecule has 5 N–H and O–H groups in total. The van der Waals surface area contributed by atoms with E-state index in [1.165, 1.54) is 45.1 Å². The van der Waals surface area contributed by atoms with Gasteiger partial charge in [-0.15, -0.1) is 0 Å². The molecular weight excluding hydrogens is 464 g/mol. The van der Waals surface area contributed by atoms with E-state index < -0.39 is 51.4 Å². The Balaban J connectivity index is 2.38. The van der Waals surface area contributed by atoms with Crippen LogP contribution in [0.15, 0.2) is 82.6 Å². The first-order valence-corrected chi connectivity index (χ1v) is 11.7. The Kier molecular flexibility index (Phi) is 6.87. The number of allylic oxidation sites excluding steroid dienone is 9. The van der Waals surface area contributed by atoms with Crippen molar-refractivity contribution in [2.24, 2.45) is 11.3 Å². The number of ketones is 2. The molecule has 3 rings (SSSR count). The maximum Gasteiger partial charge on any atom is 0.209 e. The molecule has 0 aromatic heterocycles. The molecular formula is C28H34O8. The Labute approximate surface area is 210 Å². The fourth-order valence-corrected chi connectivity index (χ4v) is 5.83. The van der Waals surface area contributed by atoms with Crippen LogP contribution in [0.3, 0.4) is 0 Å². The Hall–Kier alpha value is -3.20. The largest absolute Gasteiger partial charge is 0.508 e. The third-order valence-electron chi connectivity index (χ3n) is 7.63. The minimum absolute atomic E-state index is 0.0674. The van der Waals surface area contributed by atoms with Crippen LogP contribution in [-0.2, 0) is 14.3 Å². The number of fused-ring (bicyclic) bond motifs is 3. The first-order chi connectivity index (χ1) is 16.7. The molecule has 0 spiro atoms. The summed E-state index contributed by atoms with van der Waals surface area (Å²) in [5.74, 6) is -6.70. The summed E-state index contributed by atoms with van der Waals surface area (Å²) in [7, 11) is 0. The number of ether oxygens (including phenoxy) is 1. The molecule has 1 heterocycles. The van der Waals surface area contributed by atoms with Gasteiger partial charge in [0.25, 0.3) is 0 Å². The molecule has 0 bridgehead atoms. The summed E-state index contributed by atoms with van der Waals surface area (Å²) in [6, 6.07) is 0. The maximum absolute atomic E-state index is 13.4. The molecule has 0 radical (unpaired) electrons. The highest BCUT2D eigenvalue weighted by molar-refractivity contribution is 6.07. The number of aliphatic hydroxyl groups excluding tert-OH is 3. The van der Waals surface area contributed by atoms with Crippen LogP contribution in [0.4, 0.5) is 0 Å². The molecule has 0 aromatic rings. The molecule has 36 heavy (non-hydrogen) atoms. The summed E-state index contributed by atoms with van der Waals surface area (Å²) in [6.45, 7) is 8.89. The van der Waals surface area contributed by atoms with Crippen molar-refractivity contribution in [3.8, 4) is 0 Å². The van der Waals surface area contributed by atoms with E-state index in [1.807, 2.05) is 0 Å². The van der Waals surface area contributed by atoms with E-state index in [0.29, 0.717) is 0 Å². The Bertz CT molecular complexity index is 1210. The third kappa shape index (κ3) is 3.55. The molecule has 0 amide bonds. The molecule has 0 unspecified atom stereocenters. The molecule has 1 saturated carbocycles. The first kappa shape index (κ1) is 27.4. The third-order valence-corrected chi connectivity index (χ3v) is 7.63. The van der Waals surface area contributed by atoms with Gasteiger partial charge in [-0.3, -0.25) is 9.59 Å². The molecule has 2 aliphatic carbocycles. The molecule has 1 aliphatic heterocycles. The number of hydrogen-bond donors (Lipinski definition) is 5. The van der Waals surface area contributed by atoms with Crippen LogP contribution in [0, 0.1) is 11.3 Å². The van der Waals surface area contributed by atoms with E-state index in [1.54, 1.807) is 38.2 Å². The standard InChI is InChI=1S/C28H34O8/c1-7-9-11-13-18(29)17-15-25(4)22-20(19(30)14-12-10-8-2)21(31)16(3)23(32)26(22,5)36-28(25,35)27(6,34)24(17)33/h7-14,22,29-31,34-35H,15H2,1-6H3/b9-7+,10-8+,13-11+,14-12+,18-17-,20-19+/t22-,25+,26+,27+,28+/m1/s1. The Morgan fingerprint density at radius 1 is 0.917 bits per heavy atom. The molecule has 1 saturated heterocycles.